The van der Waals surface area contributed by atoms with Crippen molar-refractivity contribution in [2.75, 3.05) is 13.1 Å². The molecule has 1 amide bonds. The standard InChI is InChI=1S/C19H22N6O2/c20-15-24-18(25-17-8-12-21-13-9-17)22-10-4-5-11-23-19(26)27-14-16-6-2-1-3-7-16/h1-3,6-9,12-13H,4-5,10-11,14H2,(H,23,26)(H2,21,22,24,25). The molecule has 0 bridgehead atoms. The minimum absolute atomic E-state index is 0.253. The summed E-state index contributed by atoms with van der Waals surface area (Å²) in [5, 5.41) is 17.1. The van der Waals surface area contributed by atoms with E-state index >= 15 is 0 Å². The molecule has 8 heteroatoms. The molecule has 0 unspecified atom stereocenters. The number of hydrogen-bond acceptors (Lipinski definition) is 5. The molecular formula is C19H22N6O2. The van der Waals surface area contributed by atoms with Crippen LogP contribution in [0.5, 0.6) is 0 Å². The number of aromatic nitrogens is 1. The first-order valence-electron chi connectivity index (χ1n) is 8.60. The number of amides is 1. The lowest BCUT2D eigenvalue weighted by Crippen LogP contribution is -2.35. The summed E-state index contributed by atoms with van der Waals surface area (Å²) >= 11 is 0. The highest BCUT2D eigenvalue weighted by molar-refractivity contribution is 5.83. The Morgan fingerprint density at radius 2 is 1.78 bits per heavy atom. The molecule has 2 rings (SSSR count). The first kappa shape index (κ1) is 19.7. The molecule has 0 aliphatic carbocycles. The zero-order chi connectivity index (χ0) is 19.2. The third-order valence-corrected chi connectivity index (χ3v) is 3.46. The van der Waals surface area contributed by atoms with Gasteiger partial charge in [-0.1, -0.05) is 30.3 Å². The lowest BCUT2D eigenvalue weighted by atomic mass is 10.2. The molecular weight excluding hydrogens is 344 g/mol. The normalized spacial score (nSPS) is 10.6. The van der Waals surface area contributed by atoms with E-state index in [9.17, 15) is 4.79 Å². The van der Waals surface area contributed by atoms with Gasteiger partial charge in [0.05, 0.1) is 5.69 Å². The van der Waals surface area contributed by atoms with Gasteiger partial charge in [0.25, 0.3) is 0 Å². The van der Waals surface area contributed by atoms with Crippen LogP contribution in [0.3, 0.4) is 0 Å². The number of hydrogen-bond donors (Lipinski definition) is 3. The minimum Gasteiger partial charge on any atom is -0.445 e. The number of unbranched alkanes of at least 4 members (excludes halogenated alkanes) is 1. The topological polar surface area (TPSA) is 111 Å². The van der Waals surface area contributed by atoms with Crippen molar-refractivity contribution in [1.29, 1.82) is 5.26 Å². The summed E-state index contributed by atoms with van der Waals surface area (Å²) in [4.78, 5) is 19.8. The van der Waals surface area contributed by atoms with Crippen LogP contribution in [-0.2, 0) is 11.3 Å². The predicted molar refractivity (Wildman–Crippen MR) is 102 cm³/mol. The molecule has 1 aromatic carbocycles. The fourth-order valence-electron chi connectivity index (χ4n) is 2.13. The van der Waals surface area contributed by atoms with Crippen molar-refractivity contribution in [3.05, 3.63) is 60.4 Å². The van der Waals surface area contributed by atoms with Crippen molar-refractivity contribution in [2.24, 2.45) is 4.99 Å². The van der Waals surface area contributed by atoms with Gasteiger partial charge in [0, 0.05) is 25.5 Å². The van der Waals surface area contributed by atoms with Gasteiger partial charge in [-0.05, 0) is 30.5 Å². The van der Waals surface area contributed by atoms with Gasteiger partial charge in [-0.25, -0.2) is 9.79 Å². The summed E-state index contributed by atoms with van der Waals surface area (Å²) in [6, 6.07) is 13.0. The van der Waals surface area contributed by atoms with Gasteiger partial charge < -0.3 is 15.4 Å². The molecule has 0 fully saturated rings. The van der Waals surface area contributed by atoms with E-state index in [2.05, 4.69) is 25.9 Å². The highest BCUT2D eigenvalue weighted by Gasteiger charge is 2.02. The first-order chi connectivity index (χ1) is 13.3. The predicted octanol–water partition coefficient (Wildman–Crippen LogP) is 2.44. The van der Waals surface area contributed by atoms with E-state index in [-0.39, 0.29) is 6.61 Å². The van der Waals surface area contributed by atoms with Gasteiger partial charge >= 0.3 is 6.09 Å². The van der Waals surface area contributed by atoms with Crippen LogP contribution in [0.15, 0.2) is 59.9 Å². The molecule has 27 heavy (non-hydrogen) atoms. The van der Waals surface area contributed by atoms with Gasteiger partial charge in [0.15, 0.2) is 6.19 Å². The maximum atomic E-state index is 11.6. The zero-order valence-corrected chi connectivity index (χ0v) is 14.9. The Balaban J connectivity index is 1.59. The lowest BCUT2D eigenvalue weighted by molar-refractivity contribution is 0.139. The Hall–Kier alpha value is -3.60. The van der Waals surface area contributed by atoms with Gasteiger partial charge in [0.1, 0.15) is 6.61 Å². The molecule has 140 valence electrons. The number of guanidine groups is 1. The average molecular weight is 366 g/mol. The smallest absolute Gasteiger partial charge is 0.407 e. The Kier molecular flexibility index (Phi) is 8.67. The van der Waals surface area contributed by atoms with Gasteiger partial charge in [-0.3, -0.25) is 10.3 Å². The molecule has 2 aromatic rings. The summed E-state index contributed by atoms with van der Waals surface area (Å²) in [5.74, 6) is 0.374. The monoisotopic (exact) mass is 366 g/mol. The highest BCUT2D eigenvalue weighted by Crippen LogP contribution is 2.07. The molecule has 0 saturated carbocycles. The van der Waals surface area contributed by atoms with Crippen molar-refractivity contribution >= 4 is 17.7 Å². The van der Waals surface area contributed by atoms with E-state index in [0.717, 1.165) is 18.4 Å². The molecule has 0 aliphatic rings. The molecule has 0 saturated heterocycles. The number of carbonyl (C=O) groups excluding carboxylic acids is 1. The second-order valence-corrected chi connectivity index (χ2v) is 5.53. The summed E-state index contributed by atoms with van der Waals surface area (Å²) in [7, 11) is 0. The Labute approximate surface area is 158 Å². The Morgan fingerprint density at radius 1 is 1.07 bits per heavy atom. The highest BCUT2D eigenvalue weighted by atomic mass is 16.5. The van der Waals surface area contributed by atoms with Crippen LogP contribution in [0.25, 0.3) is 0 Å². The van der Waals surface area contributed by atoms with Gasteiger partial charge in [-0.2, -0.15) is 5.26 Å². The molecule has 0 atom stereocenters. The third kappa shape index (κ3) is 8.36. The largest absolute Gasteiger partial charge is 0.445 e. The van der Waals surface area contributed by atoms with Crippen LogP contribution in [0.2, 0.25) is 0 Å². The zero-order valence-electron chi connectivity index (χ0n) is 14.9. The van der Waals surface area contributed by atoms with E-state index in [1.807, 2.05) is 36.5 Å². The molecule has 0 spiro atoms. The van der Waals surface area contributed by atoms with E-state index in [4.69, 9.17) is 10.00 Å². The Bertz CT molecular complexity index is 759. The van der Waals surface area contributed by atoms with Crippen LogP contribution in [0, 0.1) is 11.5 Å². The van der Waals surface area contributed by atoms with Crippen LogP contribution >= 0.6 is 0 Å². The number of pyridine rings is 1. The summed E-state index contributed by atoms with van der Waals surface area (Å²) < 4.78 is 5.14. The minimum atomic E-state index is -0.433. The number of ether oxygens (including phenoxy) is 1. The molecule has 1 aromatic heterocycles. The molecule has 0 radical (unpaired) electrons. The van der Waals surface area contributed by atoms with E-state index in [0.29, 0.717) is 24.7 Å². The van der Waals surface area contributed by atoms with E-state index in [1.165, 1.54) is 0 Å². The van der Waals surface area contributed by atoms with Gasteiger partial charge in [-0.15, -0.1) is 0 Å². The average Bonchev–Trinajstić information content (AvgIpc) is 2.70. The third-order valence-electron chi connectivity index (χ3n) is 3.46. The number of nitriles is 1. The summed E-state index contributed by atoms with van der Waals surface area (Å²) in [5.41, 5.74) is 1.64. The summed E-state index contributed by atoms with van der Waals surface area (Å²) in [6.45, 7) is 1.38. The van der Waals surface area contributed by atoms with Crippen LogP contribution in [0.4, 0.5) is 10.5 Å². The maximum absolute atomic E-state index is 11.6. The molecule has 1 heterocycles. The lowest BCUT2D eigenvalue weighted by Gasteiger charge is -2.09. The number of rotatable bonds is 8. The quantitative estimate of drug-likeness (QED) is 0.217. The van der Waals surface area contributed by atoms with Crippen molar-refractivity contribution in [3.63, 3.8) is 0 Å². The molecule has 0 aliphatic heterocycles. The van der Waals surface area contributed by atoms with Gasteiger partial charge in [0.2, 0.25) is 5.96 Å². The molecule has 3 N–H and O–H groups in total. The number of benzene rings is 1. The Morgan fingerprint density at radius 3 is 2.48 bits per heavy atom. The van der Waals surface area contributed by atoms with E-state index in [1.54, 1.807) is 24.5 Å². The number of aliphatic imine (C=N–C) groups is 1. The van der Waals surface area contributed by atoms with Crippen molar-refractivity contribution in [1.82, 2.24) is 20.9 Å². The SMILES string of the molecule is N#CNC(=Nc1ccncc1)NCCCCNC(=O)OCc1ccccc1. The number of carbonyl (C=O) groups is 1. The van der Waals surface area contributed by atoms with Crippen molar-refractivity contribution in [3.8, 4) is 6.19 Å². The first-order valence-corrected chi connectivity index (χ1v) is 8.60. The maximum Gasteiger partial charge on any atom is 0.407 e. The van der Waals surface area contributed by atoms with E-state index < -0.39 is 6.09 Å². The van der Waals surface area contributed by atoms with Crippen molar-refractivity contribution < 1.29 is 9.53 Å². The molecule has 8 nitrogen and oxygen atoms in total. The van der Waals surface area contributed by atoms with Crippen LogP contribution < -0.4 is 16.0 Å². The van der Waals surface area contributed by atoms with Crippen LogP contribution in [-0.4, -0.2) is 30.1 Å². The second-order valence-electron chi connectivity index (χ2n) is 5.53. The number of nitrogens with one attached hydrogen (secondary N) is 3. The van der Waals surface area contributed by atoms with Crippen molar-refractivity contribution in [2.45, 2.75) is 19.4 Å². The summed E-state index contributed by atoms with van der Waals surface area (Å²) in [6.07, 6.45) is 6.24. The fraction of sp³-hybridized carbons (Fsp3) is 0.263. The fourth-order valence-corrected chi connectivity index (χ4v) is 2.13. The van der Waals surface area contributed by atoms with Crippen LogP contribution in [0.1, 0.15) is 18.4 Å². The number of alkyl carbamates (subject to hydrolysis) is 1. The number of nitrogens with zero attached hydrogens (tertiary/aromatic N) is 3. The second kappa shape index (κ2) is 11.9.